The van der Waals surface area contributed by atoms with Crippen LogP contribution in [0.3, 0.4) is 0 Å². The van der Waals surface area contributed by atoms with Gasteiger partial charge in [-0.3, -0.25) is 4.79 Å². The van der Waals surface area contributed by atoms with Crippen molar-refractivity contribution in [3.05, 3.63) is 75.1 Å². The molecule has 0 atom stereocenters. The molecule has 180 valence electrons. The number of Topliss-reactive ketones (excluding diaryl/α,β-unsaturated/α-hetero) is 1. The third kappa shape index (κ3) is 5.58. The third-order valence-electron chi connectivity index (χ3n) is 6.74. The summed E-state index contributed by atoms with van der Waals surface area (Å²) in [5.74, 6) is 0.752. The maximum Gasteiger partial charge on any atom is 0.339 e. The Morgan fingerprint density at radius 3 is 2.38 bits per heavy atom. The second-order valence-corrected chi connectivity index (χ2v) is 10.6. The van der Waals surface area contributed by atoms with Crippen LogP contribution in [0.2, 0.25) is 0 Å². The number of fused-ring (bicyclic) bond motifs is 1. The highest BCUT2D eigenvalue weighted by molar-refractivity contribution is 5.86. The summed E-state index contributed by atoms with van der Waals surface area (Å²) in [6.45, 7) is 10.4. The summed E-state index contributed by atoms with van der Waals surface area (Å²) >= 11 is 0. The molecule has 34 heavy (non-hydrogen) atoms. The van der Waals surface area contributed by atoms with E-state index < -0.39 is 5.63 Å². The van der Waals surface area contributed by atoms with Gasteiger partial charge in [-0.1, -0.05) is 45.0 Å². The summed E-state index contributed by atoms with van der Waals surface area (Å²) in [7, 11) is 2.12. The zero-order chi connectivity index (χ0) is 24.5. The molecule has 3 aromatic rings. The van der Waals surface area contributed by atoms with Crippen LogP contribution in [0.4, 0.5) is 0 Å². The number of carbonyl (C=O) groups is 1. The second kappa shape index (κ2) is 9.75. The molecule has 1 aliphatic heterocycles. The van der Waals surface area contributed by atoms with Crippen molar-refractivity contribution in [2.75, 3.05) is 20.1 Å². The summed E-state index contributed by atoms with van der Waals surface area (Å²) in [6.07, 6.45) is 2.50. The lowest BCUT2D eigenvalue weighted by atomic mass is 9.86. The fourth-order valence-corrected chi connectivity index (χ4v) is 4.51. The molecule has 0 spiro atoms. The van der Waals surface area contributed by atoms with Gasteiger partial charge in [0, 0.05) is 42.4 Å². The minimum atomic E-state index is -0.455. The van der Waals surface area contributed by atoms with E-state index in [2.05, 4.69) is 44.9 Å². The van der Waals surface area contributed by atoms with Gasteiger partial charge in [0.05, 0.1) is 0 Å². The van der Waals surface area contributed by atoms with Crippen LogP contribution >= 0.6 is 0 Å². The van der Waals surface area contributed by atoms with E-state index in [4.69, 9.17) is 9.15 Å². The van der Waals surface area contributed by atoms with Gasteiger partial charge < -0.3 is 14.1 Å². The van der Waals surface area contributed by atoms with Crippen LogP contribution in [0.15, 0.2) is 51.7 Å². The summed E-state index contributed by atoms with van der Waals surface area (Å²) in [6, 6.07) is 13.8. The first kappa shape index (κ1) is 24.2. The SMILES string of the molecule is Cc1c(OC2CCN(C)CC2)ccc2cc(CC(=O)Cc3ccc(C(C)(C)C)cc3)c(=O)oc12. The molecular formula is C29H35NO4. The Morgan fingerprint density at radius 2 is 1.74 bits per heavy atom. The average molecular weight is 462 g/mol. The maximum absolute atomic E-state index is 12.7. The summed E-state index contributed by atoms with van der Waals surface area (Å²) in [5.41, 5.74) is 3.55. The van der Waals surface area contributed by atoms with E-state index in [9.17, 15) is 9.59 Å². The number of ketones is 1. The standard InChI is InChI=1S/C29H35NO4/c1-19-26(33-25-12-14-30(5)15-13-25)11-8-21-17-22(28(32)34-27(19)21)18-24(31)16-20-6-9-23(10-7-20)29(2,3)4/h6-11,17,25H,12-16,18H2,1-5H3. The van der Waals surface area contributed by atoms with E-state index in [1.165, 1.54) is 5.56 Å². The lowest BCUT2D eigenvalue weighted by Gasteiger charge is -2.29. The Labute approximate surface area is 201 Å². The van der Waals surface area contributed by atoms with Crippen molar-refractivity contribution in [1.82, 2.24) is 4.90 Å². The van der Waals surface area contributed by atoms with Crippen LogP contribution in [-0.2, 0) is 23.1 Å². The number of benzene rings is 2. The van der Waals surface area contributed by atoms with E-state index in [1.54, 1.807) is 6.07 Å². The summed E-state index contributed by atoms with van der Waals surface area (Å²) in [4.78, 5) is 27.7. The molecule has 2 aromatic carbocycles. The molecule has 2 heterocycles. The van der Waals surface area contributed by atoms with Crippen molar-refractivity contribution >= 4 is 16.8 Å². The van der Waals surface area contributed by atoms with Gasteiger partial charge in [0.2, 0.25) is 0 Å². The van der Waals surface area contributed by atoms with Gasteiger partial charge in [-0.15, -0.1) is 0 Å². The molecule has 0 bridgehead atoms. The van der Waals surface area contributed by atoms with Crippen LogP contribution in [0.5, 0.6) is 5.75 Å². The van der Waals surface area contributed by atoms with Gasteiger partial charge in [0.1, 0.15) is 23.2 Å². The Hall–Kier alpha value is -2.92. The lowest BCUT2D eigenvalue weighted by molar-refractivity contribution is -0.117. The summed E-state index contributed by atoms with van der Waals surface area (Å²) in [5, 5.41) is 0.810. The number of nitrogens with zero attached hydrogens (tertiary/aromatic N) is 1. The zero-order valence-electron chi connectivity index (χ0n) is 20.9. The Kier molecular flexibility index (Phi) is 6.94. The first-order valence-electron chi connectivity index (χ1n) is 12.1. The molecule has 5 heteroatoms. The Bertz CT molecular complexity index is 1230. The molecule has 0 unspecified atom stereocenters. The highest BCUT2D eigenvalue weighted by atomic mass is 16.5. The highest BCUT2D eigenvalue weighted by Crippen LogP contribution is 2.29. The first-order valence-corrected chi connectivity index (χ1v) is 12.1. The minimum Gasteiger partial charge on any atom is -0.490 e. The van der Waals surface area contributed by atoms with Crippen molar-refractivity contribution < 1.29 is 13.9 Å². The third-order valence-corrected chi connectivity index (χ3v) is 6.74. The molecule has 0 amide bonds. The number of carbonyl (C=O) groups excluding carboxylic acids is 1. The number of ether oxygens (including phenoxy) is 1. The van der Waals surface area contributed by atoms with Gasteiger partial charge in [0.15, 0.2) is 0 Å². The van der Waals surface area contributed by atoms with Gasteiger partial charge >= 0.3 is 5.63 Å². The predicted octanol–water partition coefficient (Wildman–Crippen LogP) is 5.23. The fourth-order valence-electron chi connectivity index (χ4n) is 4.51. The average Bonchev–Trinajstić information content (AvgIpc) is 2.78. The van der Waals surface area contributed by atoms with Gasteiger partial charge in [-0.25, -0.2) is 4.79 Å². The topological polar surface area (TPSA) is 59.8 Å². The number of piperidine rings is 1. The number of aryl methyl sites for hydroxylation is 1. The fraction of sp³-hybridized carbons (Fsp3) is 0.448. The van der Waals surface area contributed by atoms with Crippen molar-refractivity contribution in [2.45, 2.75) is 64.9 Å². The second-order valence-electron chi connectivity index (χ2n) is 10.6. The van der Waals surface area contributed by atoms with Crippen LogP contribution < -0.4 is 10.4 Å². The van der Waals surface area contributed by atoms with Crippen molar-refractivity contribution in [3.63, 3.8) is 0 Å². The molecule has 1 saturated heterocycles. The van der Waals surface area contributed by atoms with E-state index in [0.717, 1.165) is 48.2 Å². The number of likely N-dealkylation sites (tertiary alicyclic amines) is 1. The van der Waals surface area contributed by atoms with Crippen LogP contribution in [-0.4, -0.2) is 36.9 Å². The molecule has 0 saturated carbocycles. The van der Waals surface area contributed by atoms with Gasteiger partial charge in [-0.2, -0.15) is 0 Å². The first-order chi connectivity index (χ1) is 16.1. The molecule has 0 radical (unpaired) electrons. The maximum atomic E-state index is 12.7. The van der Waals surface area contributed by atoms with Gasteiger partial charge in [-0.05, 0) is 61.6 Å². The lowest BCUT2D eigenvalue weighted by Crippen LogP contribution is -2.35. The molecule has 1 aliphatic rings. The zero-order valence-corrected chi connectivity index (χ0v) is 20.9. The molecule has 4 rings (SSSR count). The number of rotatable bonds is 6. The van der Waals surface area contributed by atoms with E-state index in [-0.39, 0.29) is 23.7 Å². The molecule has 1 aromatic heterocycles. The van der Waals surface area contributed by atoms with Crippen LogP contribution in [0, 0.1) is 6.92 Å². The monoisotopic (exact) mass is 461 g/mol. The molecule has 0 N–H and O–H groups in total. The van der Waals surface area contributed by atoms with Crippen molar-refractivity contribution in [1.29, 1.82) is 0 Å². The quantitative estimate of drug-likeness (QED) is 0.471. The number of hydrogen-bond acceptors (Lipinski definition) is 5. The summed E-state index contributed by atoms with van der Waals surface area (Å²) < 4.78 is 11.9. The van der Waals surface area contributed by atoms with Crippen LogP contribution in [0.25, 0.3) is 11.0 Å². The molecule has 5 nitrogen and oxygen atoms in total. The van der Waals surface area contributed by atoms with Crippen molar-refractivity contribution in [2.24, 2.45) is 0 Å². The van der Waals surface area contributed by atoms with E-state index in [1.807, 2.05) is 31.2 Å². The molecular weight excluding hydrogens is 426 g/mol. The largest absolute Gasteiger partial charge is 0.490 e. The Balaban J connectivity index is 1.47. The minimum absolute atomic E-state index is 0.00546. The predicted molar refractivity (Wildman–Crippen MR) is 136 cm³/mol. The van der Waals surface area contributed by atoms with E-state index >= 15 is 0 Å². The molecule has 0 aliphatic carbocycles. The van der Waals surface area contributed by atoms with Crippen molar-refractivity contribution in [3.8, 4) is 5.75 Å². The normalized spacial score (nSPS) is 15.6. The van der Waals surface area contributed by atoms with Gasteiger partial charge in [0.25, 0.3) is 0 Å². The van der Waals surface area contributed by atoms with E-state index in [0.29, 0.717) is 17.6 Å². The highest BCUT2D eigenvalue weighted by Gasteiger charge is 2.20. The smallest absolute Gasteiger partial charge is 0.339 e. The number of hydrogen-bond donors (Lipinski definition) is 0. The molecule has 1 fully saturated rings. The van der Waals surface area contributed by atoms with Crippen LogP contribution in [0.1, 0.15) is 55.9 Å². The Morgan fingerprint density at radius 1 is 1.06 bits per heavy atom.